The van der Waals surface area contributed by atoms with Crippen LogP contribution < -0.4 is 19.5 Å². The van der Waals surface area contributed by atoms with Crippen LogP contribution in [0.5, 0.6) is 17.4 Å². The van der Waals surface area contributed by atoms with Crippen molar-refractivity contribution in [1.82, 2.24) is 15.5 Å². The number of hydrogen-bond donors (Lipinski definition) is 1. The van der Waals surface area contributed by atoms with Crippen LogP contribution >= 0.6 is 11.6 Å². The van der Waals surface area contributed by atoms with Gasteiger partial charge in [0.15, 0.2) is 6.61 Å². The first-order valence-corrected chi connectivity index (χ1v) is 10.3. The van der Waals surface area contributed by atoms with Crippen molar-refractivity contribution in [1.29, 1.82) is 0 Å². The van der Waals surface area contributed by atoms with Gasteiger partial charge in [-0.15, -0.1) is 10.2 Å². The maximum Gasteiger partial charge on any atom is 0.258 e. The van der Waals surface area contributed by atoms with Crippen LogP contribution in [-0.2, 0) is 4.79 Å². The second-order valence-electron chi connectivity index (χ2n) is 6.61. The van der Waals surface area contributed by atoms with Crippen LogP contribution in [0.4, 0.5) is 0 Å². The maximum absolute atomic E-state index is 11.9. The number of nitrogens with zero attached hydrogens (tertiary/aromatic N) is 2. The van der Waals surface area contributed by atoms with Crippen LogP contribution in [0.2, 0.25) is 5.02 Å². The van der Waals surface area contributed by atoms with E-state index >= 15 is 0 Å². The second kappa shape index (κ2) is 11.2. The molecule has 0 spiro atoms. The Morgan fingerprint density at radius 3 is 2.42 bits per heavy atom. The van der Waals surface area contributed by atoms with Gasteiger partial charge in [-0.3, -0.25) is 4.79 Å². The van der Waals surface area contributed by atoms with Crippen molar-refractivity contribution >= 4 is 17.5 Å². The highest BCUT2D eigenvalue weighted by Crippen LogP contribution is 2.22. The van der Waals surface area contributed by atoms with Crippen LogP contribution in [0, 0.1) is 6.92 Å². The van der Waals surface area contributed by atoms with E-state index in [4.69, 9.17) is 25.8 Å². The topological polar surface area (TPSA) is 82.6 Å². The summed E-state index contributed by atoms with van der Waals surface area (Å²) in [5, 5.41) is 11.6. The first-order chi connectivity index (χ1) is 15.0. The van der Waals surface area contributed by atoms with Gasteiger partial charge in [0.2, 0.25) is 5.88 Å². The summed E-state index contributed by atoms with van der Waals surface area (Å²) in [7, 11) is 0. The fourth-order valence-corrected chi connectivity index (χ4v) is 2.81. The number of carbonyl (C=O) groups is 1. The second-order valence-corrected chi connectivity index (χ2v) is 7.02. The zero-order valence-electron chi connectivity index (χ0n) is 17.4. The van der Waals surface area contributed by atoms with Crippen molar-refractivity contribution in [3.63, 3.8) is 0 Å². The summed E-state index contributed by atoms with van der Waals surface area (Å²) >= 11 is 5.97. The van der Waals surface area contributed by atoms with Crippen LogP contribution in [0.1, 0.15) is 12.5 Å². The van der Waals surface area contributed by atoms with Crippen molar-refractivity contribution in [3.8, 4) is 28.6 Å². The molecule has 3 rings (SSSR count). The van der Waals surface area contributed by atoms with Crippen molar-refractivity contribution < 1.29 is 19.0 Å². The van der Waals surface area contributed by atoms with Gasteiger partial charge in [0, 0.05) is 16.7 Å². The lowest BCUT2D eigenvalue weighted by molar-refractivity contribution is -0.123. The van der Waals surface area contributed by atoms with E-state index in [1.54, 1.807) is 24.3 Å². The lowest BCUT2D eigenvalue weighted by atomic mass is 10.1. The molecular formula is C23H24ClN3O4. The minimum Gasteiger partial charge on any atom is -0.494 e. The Kier molecular flexibility index (Phi) is 8.06. The van der Waals surface area contributed by atoms with Gasteiger partial charge in [-0.05, 0) is 67.9 Å². The highest BCUT2D eigenvalue weighted by atomic mass is 35.5. The van der Waals surface area contributed by atoms with E-state index in [1.165, 1.54) is 0 Å². The summed E-state index contributed by atoms with van der Waals surface area (Å²) < 4.78 is 16.4. The van der Waals surface area contributed by atoms with Crippen molar-refractivity contribution in [3.05, 3.63) is 65.2 Å². The molecule has 31 heavy (non-hydrogen) atoms. The molecule has 1 heterocycles. The zero-order valence-corrected chi connectivity index (χ0v) is 18.2. The van der Waals surface area contributed by atoms with Crippen LogP contribution in [0.15, 0.2) is 54.6 Å². The van der Waals surface area contributed by atoms with E-state index in [0.717, 1.165) is 22.6 Å². The minimum absolute atomic E-state index is 0.0857. The number of aryl methyl sites for hydroxylation is 1. The normalized spacial score (nSPS) is 10.4. The minimum atomic E-state index is -0.242. The third-order valence-electron chi connectivity index (χ3n) is 4.27. The zero-order chi connectivity index (χ0) is 22.1. The molecule has 0 unspecified atom stereocenters. The number of hydrogen-bond acceptors (Lipinski definition) is 6. The molecule has 0 bridgehead atoms. The highest BCUT2D eigenvalue weighted by molar-refractivity contribution is 6.31. The summed E-state index contributed by atoms with van der Waals surface area (Å²) in [5.74, 6) is 1.55. The quantitative estimate of drug-likeness (QED) is 0.477. The molecule has 3 aromatic rings. The SMILES string of the molecule is CCOc1ccc(-c2ccc(OCCNC(=O)COc3ccc(Cl)c(C)c3)nn2)cc1. The standard InChI is InChI=1S/C23H24ClN3O4/c1-3-29-18-6-4-17(5-7-18)21-10-11-23(27-26-21)30-13-12-25-22(28)15-31-19-8-9-20(24)16(2)14-19/h4-11,14H,3,12-13,15H2,1-2H3,(H,25,28). The Morgan fingerprint density at radius 1 is 0.968 bits per heavy atom. The van der Waals surface area contributed by atoms with Gasteiger partial charge in [0.25, 0.3) is 5.91 Å². The Hall–Kier alpha value is -3.32. The molecular weight excluding hydrogens is 418 g/mol. The van der Waals surface area contributed by atoms with Crippen LogP contribution in [-0.4, -0.2) is 42.5 Å². The monoisotopic (exact) mass is 441 g/mol. The molecule has 0 radical (unpaired) electrons. The molecule has 0 atom stereocenters. The molecule has 7 nitrogen and oxygen atoms in total. The molecule has 1 amide bonds. The third kappa shape index (κ3) is 6.86. The Labute approximate surface area is 186 Å². The number of amides is 1. The van der Waals surface area contributed by atoms with Gasteiger partial charge in [-0.1, -0.05) is 11.6 Å². The number of ether oxygens (including phenoxy) is 3. The molecule has 1 aromatic heterocycles. The van der Waals surface area contributed by atoms with E-state index in [-0.39, 0.29) is 19.1 Å². The van der Waals surface area contributed by atoms with Crippen molar-refractivity contribution in [2.75, 3.05) is 26.4 Å². The molecule has 0 saturated heterocycles. The number of rotatable bonds is 10. The van der Waals surface area contributed by atoms with Gasteiger partial charge in [0.05, 0.1) is 18.8 Å². The van der Waals surface area contributed by atoms with Gasteiger partial charge in [-0.25, -0.2) is 0 Å². The highest BCUT2D eigenvalue weighted by Gasteiger charge is 2.05. The van der Waals surface area contributed by atoms with Crippen LogP contribution in [0.3, 0.4) is 0 Å². The predicted molar refractivity (Wildman–Crippen MR) is 119 cm³/mol. The molecule has 0 aliphatic rings. The Bertz CT molecular complexity index is 995. The molecule has 1 N–H and O–H groups in total. The van der Waals surface area contributed by atoms with Crippen molar-refractivity contribution in [2.45, 2.75) is 13.8 Å². The maximum atomic E-state index is 11.9. The molecule has 0 aliphatic carbocycles. The molecule has 162 valence electrons. The molecule has 8 heteroatoms. The first-order valence-electron chi connectivity index (χ1n) is 9.90. The van der Waals surface area contributed by atoms with E-state index in [1.807, 2.05) is 44.2 Å². The Morgan fingerprint density at radius 2 is 1.74 bits per heavy atom. The predicted octanol–water partition coefficient (Wildman–Crippen LogP) is 4.08. The van der Waals surface area contributed by atoms with Gasteiger partial charge < -0.3 is 19.5 Å². The summed E-state index contributed by atoms with van der Waals surface area (Å²) in [5.41, 5.74) is 2.56. The molecule has 0 aliphatic heterocycles. The number of aromatic nitrogens is 2. The molecule has 0 fully saturated rings. The number of benzene rings is 2. The Balaban J connectivity index is 1.38. The van der Waals surface area contributed by atoms with E-state index in [9.17, 15) is 4.79 Å². The summed E-state index contributed by atoms with van der Waals surface area (Å²) in [6, 6.07) is 16.5. The lowest BCUT2D eigenvalue weighted by Crippen LogP contribution is -2.32. The fourth-order valence-electron chi connectivity index (χ4n) is 2.69. The summed E-state index contributed by atoms with van der Waals surface area (Å²) in [6.07, 6.45) is 0. The fraction of sp³-hybridized carbons (Fsp3) is 0.261. The van der Waals surface area contributed by atoms with E-state index < -0.39 is 0 Å². The summed E-state index contributed by atoms with van der Waals surface area (Å²) in [6.45, 7) is 4.95. The number of nitrogens with one attached hydrogen (secondary N) is 1. The smallest absolute Gasteiger partial charge is 0.258 e. The molecule has 0 saturated carbocycles. The molecule has 2 aromatic carbocycles. The third-order valence-corrected chi connectivity index (χ3v) is 4.70. The summed E-state index contributed by atoms with van der Waals surface area (Å²) in [4.78, 5) is 11.9. The van der Waals surface area contributed by atoms with Crippen molar-refractivity contribution in [2.24, 2.45) is 0 Å². The average Bonchev–Trinajstić information content (AvgIpc) is 2.79. The van der Waals surface area contributed by atoms with Gasteiger partial charge in [0.1, 0.15) is 18.1 Å². The largest absolute Gasteiger partial charge is 0.494 e. The van der Waals surface area contributed by atoms with Crippen LogP contribution in [0.25, 0.3) is 11.3 Å². The van der Waals surface area contributed by atoms with Gasteiger partial charge in [-0.2, -0.15) is 0 Å². The number of halogens is 1. The van der Waals surface area contributed by atoms with Gasteiger partial charge >= 0.3 is 0 Å². The number of carbonyl (C=O) groups excluding carboxylic acids is 1. The lowest BCUT2D eigenvalue weighted by Gasteiger charge is -2.09. The average molecular weight is 442 g/mol. The van der Waals surface area contributed by atoms with E-state index in [2.05, 4.69) is 15.5 Å². The van der Waals surface area contributed by atoms with E-state index in [0.29, 0.717) is 29.8 Å². The first kappa shape index (κ1) is 22.4.